The summed E-state index contributed by atoms with van der Waals surface area (Å²) in [5.74, 6) is 1.64. The number of hydrogen-bond acceptors (Lipinski definition) is 3. The first-order valence-corrected chi connectivity index (χ1v) is 8.29. The van der Waals surface area contributed by atoms with Crippen LogP contribution in [0, 0.1) is 12.8 Å². The molecule has 0 atom stereocenters. The van der Waals surface area contributed by atoms with Gasteiger partial charge in [0.15, 0.2) is 6.61 Å². The van der Waals surface area contributed by atoms with Crippen LogP contribution >= 0.6 is 0 Å². The van der Waals surface area contributed by atoms with E-state index >= 15 is 0 Å². The van der Waals surface area contributed by atoms with Gasteiger partial charge < -0.3 is 14.4 Å². The first kappa shape index (κ1) is 15.3. The maximum Gasteiger partial charge on any atom is 0.260 e. The molecule has 1 aromatic carbocycles. The molecule has 4 nitrogen and oxygen atoms in total. The number of carbonyl (C=O) groups is 1. The summed E-state index contributed by atoms with van der Waals surface area (Å²) in [5, 5.41) is 0. The number of piperidine rings is 1. The summed E-state index contributed by atoms with van der Waals surface area (Å²) in [5.41, 5.74) is 1.14. The van der Waals surface area contributed by atoms with E-state index in [1.807, 2.05) is 36.1 Å². The number of likely N-dealkylation sites (tertiary alicyclic amines) is 1. The minimum atomic E-state index is 0.0714. The first-order chi connectivity index (χ1) is 10.7. The van der Waals surface area contributed by atoms with E-state index in [-0.39, 0.29) is 12.5 Å². The molecule has 120 valence electrons. The zero-order valence-electron chi connectivity index (χ0n) is 13.3. The van der Waals surface area contributed by atoms with Gasteiger partial charge in [0, 0.05) is 19.7 Å². The van der Waals surface area contributed by atoms with Crippen molar-refractivity contribution in [2.75, 3.05) is 26.3 Å². The molecule has 22 heavy (non-hydrogen) atoms. The van der Waals surface area contributed by atoms with Crippen molar-refractivity contribution in [3.63, 3.8) is 0 Å². The van der Waals surface area contributed by atoms with Gasteiger partial charge in [0.1, 0.15) is 5.75 Å². The van der Waals surface area contributed by atoms with Crippen molar-refractivity contribution in [3.8, 4) is 5.75 Å². The molecule has 1 aromatic rings. The molecule has 0 bridgehead atoms. The summed E-state index contributed by atoms with van der Waals surface area (Å²) in [6.07, 6.45) is 4.88. The highest BCUT2D eigenvalue weighted by Crippen LogP contribution is 2.30. The minimum absolute atomic E-state index is 0.0714. The lowest BCUT2D eigenvalue weighted by Crippen LogP contribution is -2.43. The van der Waals surface area contributed by atoms with Gasteiger partial charge in [0.05, 0.1) is 6.10 Å². The van der Waals surface area contributed by atoms with Crippen molar-refractivity contribution in [2.45, 2.75) is 38.7 Å². The van der Waals surface area contributed by atoms with Crippen LogP contribution in [0.2, 0.25) is 0 Å². The zero-order chi connectivity index (χ0) is 15.4. The number of amides is 1. The van der Waals surface area contributed by atoms with Gasteiger partial charge in [0.2, 0.25) is 0 Å². The van der Waals surface area contributed by atoms with Crippen LogP contribution in [-0.2, 0) is 9.53 Å². The number of nitrogens with zero attached hydrogens (tertiary/aromatic N) is 1. The highest BCUT2D eigenvalue weighted by atomic mass is 16.5. The fourth-order valence-electron chi connectivity index (χ4n) is 2.77. The highest BCUT2D eigenvalue weighted by molar-refractivity contribution is 5.77. The van der Waals surface area contributed by atoms with Gasteiger partial charge in [-0.15, -0.1) is 0 Å². The van der Waals surface area contributed by atoms with E-state index in [2.05, 4.69) is 0 Å². The molecule has 3 rings (SSSR count). The van der Waals surface area contributed by atoms with Gasteiger partial charge in [-0.3, -0.25) is 4.79 Å². The van der Waals surface area contributed by atoms with Gasteiger partial charge in [-0.25, -0.2) is 0 Å². The van der Waals surface area contributed by atoms with Crippen molar-refractivity contribution in [1.82, 2.24) is 4.90 Å². The molecule has 1 aliphatic heterocycles. The second-order valence-electron chi connectivity index (χ2n) is 6.46. The molecule has 2 fully saturated rings. The number of rotatable bonds is 6. The normalized spacial score (nSPS) is 19.2. The minimum Gasteiger partial charge on any atom is -0.484 e. The second kappa shape index (κ2) is 7.14. The standard InChI is InChI=1S/C18H25NO3/c1-14-3-2-4-17(11-14)22-13-18(20)19-9-7-16(8-10-19)21-12-15-5-6-15/h2-4,11,15-16H,5-10,12-13H2,1H3. The van der Waals surface area contributed by atoms with E-state index < -0.39 is 0 Å². The molecule has 0 N–H and O–H groups in total. The Bertz CT molecular complexity index is 505. The average Bonchev–Trinajstić information content (AvgIpc) is 3.35. The van der Waals surface area contributed by atoms with Crippen LogP contribution in [0.3, 0.4) is 0 Å². The van der Waals surface area contributed by atoms with Crippen LogP contribution in [-0.4, -0.2) is 43.2 Å². The van der Waals surface area contributed by atoms with Crippen molar-refractivity contribution >= 4 is 5.91 Å². The Balaban J connectivity index is 1.37. The van der Waals surface area contributed by atoms with E-state index in [1.165, 1.54) is 12.8 Å². The molecular formula is C18H25NO3. The maximum atomic E-state index is 12.2. The van der Waals surface area contributed by atoms with E-state index in [0.29, 0.717) is 6.10 Å². The Morgan fingerprint density at radius 2 is 2.00 bits per heavy atom. The molecule has 1 aliphatic carbocycles. The molecule has 0 radical (unpaired) electrons. The van der Waals surface area contributed by atoms with Crippen LogP contribution in [0.5, 0.6) is 5.75 Å². The predicted octanol–water partition coefficient (Wildman–Crippen LogP) is 2.79. The number of hydrogen-bond donors (Lipinski definition) is 0. The molecular weight excluding hydrogens is 278 g/mol. The monoisotopic (exact) mass is 303 g/mol. The lowest BCUT2D eigenvalue weighted by Gasteiger charge is -2.32. The van der Waals surface area contributed by atoms with E-state index in [9.17, 15) is 4.79 Å². The van der Waals surface area contributed by atoms with Crippen molar-refractivity contribution in [1.29, 1.82) is 0 Å². The molecule has 4 heteroatoms. The first-order valence-electron chi connectivity index (χ1n) is 8.29. The van der Waals surface area contributed by atoms with Crippen LogP contribution in [0.15, 0.2) is 24.3 Å². The molecule has 1 saturated carbocycles. The van der Waals surface area contributed by atoms with E-state index in [0.717, 1.165) is 49.8 Å². The third-order valence-corrected chi connectivity index (χ3v) is 4.41. The van der Waals surface area contributed by atoms with Crippen molar-refractivity contribution in [3.05, 3.63) is 29.8 Å². The lowest BCUT2D eigenvalue weighted by atomic mass is 10.1. The third kappa shape index (κ3) is 4.47. The average molecular weight is 303 g/mol. The number of aryl methyl sites for hydroxylation is 1. The van der Waals surface area contributed by atoms with Crippen LogP contribution in [0.1, 0.15) is 31.2 Å². The molecule has 1 saturated heterocycles. The highest BCUT2D eigenvalue weighted by Gasteiger charge is 2.26. The predicted molar refractivity (Wildman–Crippen MR) is 85.0 cm³/mol. The summed E-state index contributed by atoms with van der Waals surface area (Å²) >= 11 is 0. The van der Waals surface area contributed by atoms with Gasteiger partial charge in [-0.05, 0) is 56.2 Å². The lowest BCUT2D eigenvalue weighted by molar-refractivity contribution is -0.136. The largest absolute Gasteiger partial charge is 0.484 e. The topological polar surface area (TPSA) is 38.8 Å². The Morgan fingerprint density at radius 1 is 1.23 bits per heavy atom. The SMILES string of the molecule is Cc1cccc(OCC(=O)N2CCC(OCC3CC3)CC2)c1. The Hall–Kier alpha value is -1.55. The summed E-state index contributed by atoms with van der Waals surface area (Å²) in [7, 11) is 0. The van der Waals surface area contributed by atoms with Crippen LogP contribution in [0.4, 0.5) is 0 Å². The fourth-order valence-corrected chi connectivity index (χ4v) is 2.77. The third-order valence-electron chi connectivity index (χ3n) is 4.41. The number of carbonyl (C=O) groups excluding carboxylic acids is 1. The van der Waals surface area contributed by atoms with Gasteiger partial charge >= 0.3 is 0 Å². The maximum absolute atomic E-state index is 12.2. The van der Waals surface area contributed by atoms with Crippen molar-refractivity contribution in [2.24, 2.45) is 5.92 Å². The summed E-state index contributed by atoms with van der Waals surface area (Å²) in [4.78, 5) is 14.1. The Kier molecular flexibility index (Phi) is 4.98. The van der Waals surface area contributed by atoms with Gasteiger partial charge in [-0.1, -0.05) is 12.1 Å². The Labute approximate surface area is 132 Å². The van der Waals surface area contributed by atoms with Crippen LogP contribution in [0.25, 0.3) is 0 Å². The zero-order valence-corrected chi connectivity index (χ0v) is 13.3. The van der Waals surface area contributed by atoms with Crippen molar-refractivity contribution < 1.29 is 14.3 Å². The second-order valence-corrected chi connectivity index (χ2v) is 6.46. The molecule has 1 amide bonds. The molecule has 2 aliphatic rings. The summed E-state index contributed by atoms with van der Waals surface area (Å²) in [6, 6.07) is 7.79. The van der Waals surface area contributed by atoms with E-state index in [1.54, 1.807) is 0 Å². The van der Waals surface area contributed by atoms with E-state index in [4.69, 9.17) is 9.47 Å². The molecule has 0 aromatic heterocycles. The number of benzene rings is 1. The number of ether oxygens (including phenoxy) is 2. The fraction of sp³-hybridized carbons (Fsp3) is 0.611. The summed E-state index contributed by atoms with van der Waals surface area (Å²) < 4.78 is 11.5. The summed E-state index contributed by atoms with van der Waals surface area (Å²) in [6.45, 7) is 4.61. The quantitative estimate of drug-likeness (QED) is 0.811. The molecule has 1 heterocycles. The van der Waals surface area contributed by atoms with Gasteiger partial charge in [0.25, 0.3) is 5.91 Å². The molecule has 0 spiro atoms. The molecule has 0 unspecified atom stereocenters. The smallest absolute Gasteiger partial charge is 0.260 e. The van der Waals surface area contributed by atoms with Crippen LogP contribution < -0.4 is 4.74 Å². The Morgan fingerprint density at radius 3 is 2.68 bits per heavy atom. The van der Waals surface area contributed by atoms with Gasteiger partial charge in [-0.2, -0.15) is 0 Å².